The maximum absolute atomic E-state index is 13.3. The molecule has 236 valence electrons. The number of esters is 6. The van der Waals surface area contributed by atoms with Gasteiger partial charge in [-0.05, 0) is 53.1 Å². The quantitative estimate of drug-likeness (QED) is 0.172. The van der Waals surface area contributed by atoms with Gasteiger partial charge in [0.25, 0.3) is 0 Å². The first kappa shape index (κ1) is 30.5. The second kappa shape index (κ2) is 10.5. The molecular weight excluding hydrogens is 624 g/mol. The van der Waals surface area contributed by atoms with Crippen molar-refractivity contribution in [2.24, 2.45) is 5.41 Å². The van der Waals surface area contributed by atoms with Gasteiger partial charge in [0.05, 0.1) is 51.1 Å². The Morgan fingerprint density at radius 3 is 0.936 bits per heavy atom. The molecule has 6 rings (SSSR count). The van der Waals surface area contributed by atoms with E-state index in [4.69, 9.17) is 0 Å². The molecule has 3 aliphatic heterocycles. The molecular formula is C32H18O15. The van der Waals surface area contributed by atoms with Gasteiger partial charge < -0.3 is 29.5 Å². The SMILES string of the molecule is CC(C(C(=O)O)c1ccc2c(c1)C(=O)OC2=O)(C(C(=O)O)c1ccc2c(c1)C(=O)OC2=O)C(C(=O)O)c1ccc2c(c1)C(=O)OC2=O. The molecule has 3 N–H and O–H groups in total. The molecule has 3 heterocycles. The maximum Gasteiger partial charge on any atom is 0.346 e. The number of ether oxygens (including phenoxy) is 3. The molecule has 0 aliphatic carbocycles. The number of hydrogen-bond acceptors (Lipinski definition) is 12. The van der Waals surface area contributed by atoms with E-state index >= 15 is 0 Å². The van der Waals surface area contributed by atoms with Gasteiger partial charge in [-0.15, -0.1) is 0 Å². The van der Waals surface area contributed by atoms with Crippen molar-refractivity contribution in [2.45, 2.75) is 24.7 Å². The Kier molecular flexibility index (Phi) is 6.85. The lowest BCUT2D eigenvalue weighted by Gasteiger charge is -2.44. The minimum Gasteiger partial charge on any atom is -0.481 e. The molecule has 3 aromatic rings. The van der Waals surface area contributed by atoms with Crippen molar-refractivity contribution in [2.75, 3.05) is 0 Å². The van der Waals surface area contributed by atoms with Gasteiger partial charge in [0.1, 0.15) is 0 Å². The number of carboxylic acid groups (broad SMARTS) is 3. The average Bonchev–Trinajstić information content (AvgIpc) is 3.56. The molecule has 3 aliphatic rings. The second-order valence-electron chi connectivity index (χ2n) is 11.1. The number of cyclic esters (lactones) is 6. The average molecular weight is 642 g/mol. The normalized spacial score (nSPS) is 17.8. The van der Waals surface area contributed by atoms with Crippen LogP contribution in [0.2, 0.25) is 0 Å². The molecule has 0 bridgehead atoms. The van der Waals surface area contributed by atoms with E-state index in [2.05, 4.69) is 14.2 Å². The van der Waals surface area contributed by atoms with Gasteiger partial charge in [-0.2, -0.15) is 0 Å². The highest BCUT2D eigenvalue weighted by molar-refractivity contribution is 6.16. The number of rotatable bonds is 9. The summed E-state index contributed by atoms with van der Waals surface area (Å²) in [6.45, 7) is 1.05. The van der Waals surface area contributed by atoms with Gasteiger partial charge in [-0.25, -0.2) is 28.8 Å². The molecule has 0 fully saturated rings. The van der Waals surface area contributed by atoms with Crippen LogP contribution in [0.1, 0.15) is 104 Å². The molecule has 0 saturated carbocycles. The number of carbonyl (C=O) groups excluding carboxylic acids is 6. The molecule has 3 unspecified atom stereocenters. The lowest BCUT2D eigenvalue weighted by molar-refractivity contribution is -0.153. The molecule has 0 amide bonds. The maximum atomic E-state index is 13.3. The number of aliphatic carboxylic acids is 3. The highest BCUT2D eigenvalue weighted by Crippen LogP contribution is 2.57. The van der Waals surface area contributed by atoms with E-state index in [9.17, 15) is 58.5 Å². The van der Waals surface area contributed by atoms with Gasteiger partial charge in [-0.3, -0.25) is 14.4 Å². The molecule has 15 nitrogen and oxygen atoms in total. The monoisotopic (exact) mass is 642 g/mol. The van der Waals surface area contributed by atoms with Gasteiger partial charge in [0, 0.05) is 5.41 Å². The zero-order valence-electron chi connectivity index (χ0n) is 23.7. The topological polar surface area (TPSA) is 242 Å². The predicted molar refractivity (Wildman–Crippen MR) is 148 cm³/mol. The fraction of sp³-hybridized carbons (Fsp3) is 0.156. The predicted octanol–water partition coefficient (Wildman–Crippen LogP) is 2.53. The van der Waals surface area contributed by atoms with Crippen LogP contribution in [0.15, 0.2) is 54.6 Å². The molecule has 3 aromatic carbocycles. The minimum atomic E-state index is -2.52. The molecule has 0 spiro atoms. The molecule has 0 radical (unpaired) electrons. The van der Waals surface area contributed by atoms with E-state index in [-0.39, 0.29) is 50.1 Å². The van der Waals surface area contributed by atoms with E-state index < -0.39 is 76.9 Å². The van der Waals surface area contributed by atoms with Crippen molar-refractivity contribution in [3.8, 4) is 0 Å². The Labute approximate surface area is 261 Å². The fourth-order valence-electron chi connectivity index (χ4n) is 6.65. The van der Waals surface area contributed by atoms with Gasteiger partial charge >= 0.3 is 53.7 Å². The zero-order valence-corrected chi connectivity index (χ0v) is 23.7. The summed E-state index contributed by atoms with van der Waals surface area (Å²) < 4.78 is 13.8. The fourth-order valence-corrected chi connectivity index (χ4v) is 6.65. The largest absolute Gasteiger partial charge is 0.481 e. The van der Waals surface area contributed by atoms with E-state index in [0.717, 1.165) is 61.5 Å². The number of carboxylic acids is 3. The molecule has 0 aromatic heterocycles. The third-order valence-electron chi connectivity index (χ3n) is 8.61. The molecule has 47 heavy (non-hydrogen) atoms. The number of fused-ring (bicyclic) bond motifs is 3. The second-order valence-corrected chi connectivity index (χ2v) is 11.1. The zero-order chi connectivity index (χ0) is 34.1. The first-order valence-electron chi connectivity index (χ1n) is 13.5. The van der Waals surface area contributed by atoms with E-state index in [1.165, 1.54) is 0 Å². The van der Waals surface area contributed by atoms with Crippen molar-refractivity contribution in [1.82, 2.24) is 0 Å². The lowest BCUT2D eigenvalue weighted by Crippen LogP contribution is -2.47. The Hall–Kier alpha value is -6.51. The van der Waals surface area contributed by atoms with Gasteiger partial charge in [0.15, 0.2) is 0 Å². The number of benzene rings is 3. The van der Waals surface area contributed by atoms with E-state index in [0.29, 0.717) is 0 Å². The van der Waals surface area contributed by atoms with Crippen molar-refractivity contribution in [1.29, 1.82) is 0 Å². The van der Waals surface area contributed by atoms with E-state index in [1.54, 1.807) is 0 Å². The Balaban J connectivity index is 1.65. The Bertz CT molecular complexity index is 1820. The summed E-state index contributed by atoms with van der Waals surface area (Å²) in [6.07, 6.45) is 0. The highest BCUT2D eigenvalue weighted by Gasteiger charge is 2.58. The standard InChI is InChI=1S/C32H18O15/c1-32(20(23(33)34)11-2-5-14-17(8-11)29(42)45-26(14)39,21(24(35)36)12-3-6-15-18(9-12)30(43)46-27(15)40)22(25(37)38)13-4-7-16-19(10-13)31(44)47-28(16)41/h2-10,20-22H,1H3,(H,33,34)(H,35,36)(H,37,38). The van der Waals surface area contributed by atoms with Crippen LogP contribution in [-0.2, 0) is 28.6 Å². The van der Waals surface area contributed by atoms with Crippen LogP contribution in [0.5, 0.6) is 0 Å². The lowest BCUT2D eigenvalue weighted by atomic mass is 9.55. The van der Waals surface area contributed by atoms with Crippen LogP contribution in [0.25, 0.3) is 0 Å². The summed E-state index contributed by atoms with van der Waals surface area (Å²) in [4.78, 5) is 113. The highest BCUT2D eigenvalue weighted by atomic mass is 16.6. The molecule has 15 heteroatoms. The first-order chi connectivity index (χ1) is 22.1. The Morgan fingerprint density at radius 2 is 0.702 bits per heavy atom. The van der Waals surface area contributed by atoms with Crippen LogP contribution in [0, 0.1) is 5.41 Å². The van der Waals surface area contributed by atoms with Crippen LogP contribution < -0.4 is 0 Å². The van der Waals surface area contributed by atoms with Crippen LogP contribution in [-0.4, -0.2) is 69.0 Å². The summed E-state index contributed by atoms with van der Waals surface area (Å²) in [5, 5.41) is 32.2. The molecule has 0 saturated heterocycles. The molecule has 3 atom stereocenters. The van der Waals surface area contributed by atoms with Crippen LogP contribution >= 0.6 is 0 Å². The third-order valence-corrected chi connectivity index (χ3v) is 8.61. The van der Waals surface area contributed by atoms with E-state index in [1.807, 2.05) is 0 Å². The minimum absolute atomic E-state index is 0.210. The summed E-state index contributed by atoms with van der Waals surface area (Å²) in [5.41, 5.74) is -5.09. The summed E-state index contributed by atoms with van der Waals surface area (Å²) in [6, 6.07) is 9.48. The van der Waals surface area contributed by atoms with Crippen molar-refractivity contribution >= 4 is 53.7 Å². The first-order valence-corrected chi connectivity index (χ1v) is 13.5. The van der Waals surface area contributed by atoms with Gasteiger partial charge in [0.2, 0.25) is 0 Å². The number of hydrogen-bond donors (Lipinski definition) is 3. The van der Waals surface area contributed by atoms with Crippen LogP contribution in [0.4, 0.5) is 0 Å². The third kappa shape index (κ3) is 4.55. The summed E-state index contributed by atoms with van der Waals surface area (Å²) >= 11 is 0. The van der Waals surface area contributed by atoms with Crippen molar-refractivity contribution in [3.63, 3.8) is 0 Å². The summed E-state index contributed by atoms with van der Waals surface area (Å²) in [7, 11) is 0. The smallest absolute Gasteiger partial charge is 0.346 e. The number of carbonyl (C=O) groups is 9. The summed E-state index contributed by atoms with van der Waals surface area (Å²) in [5.74, 6) is -18.0. The van der Waals surface area contributed by atoms with Crippen molar-refractivity contribution in [3.05, 3.63) is 105 Å². The van der Waals surface area contributed by atoms with Gasteiger partial charge in [-0.1, -0.05) is 25.1 Å². The Morgan fingerprint density at radius 1 is 0.468 bits per heavy atom. The van der Waals surface area contributed by atoms with Crippen LogP contribution in [0.3, 0.4) is 0 Å². The van der Waals surface area contributed by atoms with Crippen molar-refractivity contribution < 1.29 is 72.7 Å².